The van der Waals surface area contributed by atoms with Crippen molar-refractivity contribution in [2.45, 2.75) is 51.7 Å². The van der Waals surface area contributed by atoms with E-state index in [1.165, 1.54) is 12.8 Å². The molecule has 4 heteroatoms. The van der Waals surface area contributed by atoms with Crippen molar-refractivity contribution < 1.29 is 9.90 Å². The normalized spacial score (nSPS) is 37.6. The van der Waals surface area contributed by atoms with Crippen LogP contribution in [0.1, 0.15) is 39.5 Å². The van der Waals surface area contributed by atoms with E-state index in [-0.39, 0.29) is 24.0 Å². The van der Waals surface area contributed by atoms with E-state index in [0.29, 0.717) is 24.3 Å². The molecule has 0 aliphatic heterocycles. The number of hydrogen-bond donors (Lipinski definition) is 3. The topological polar surface area (TPSA) is 75.3 Å². The minimum absolute atomic E-state index is 0.0301. The number of aliphatic hydroxyl groups is 1. The van der Waals surface area contributed by atoms with Gasteiger partial charge in [0.2, 0.25) is 5.91 Å². The summed E-state index contributed by atoms with van der Waals surface area (Å²) in [5, 5.41) is 12.3. The van der Waals surface area contributed by atoms with Crippen LogP contribution in [0.4, 0.5) is 0 Å². The third-order valence-corrected chi connectivity index (χ3v) is 4.65. The van der Waals surface area contributed by atoms with Gasteiger partial charge in [0.1, 0.15) is 0 Å². The molecule has 6 atom stereocenters. The first-order chi connectivity index (χ1) is 8.49. The molecular formula is C14H26N2O2. The fourth-order valence-electron chi connectivity index (χ4n) is 3.78. The van der Waals surface area contributed by atoms with Crippen LogP contribution >= 0.6 is 0 Å². The summed E-state index contributed by atoms with van der Waals surface area (Å²) in [5.74, 6) is 1.55. The zero-order valence-corrected chi connectivity index (χ0v) is 11.4. The van der Waals surface area contributed by atoms with Gasteiger partial charge in [0.15, 0.2) is 0 Å². The maximum Gasteiger partial charge on any atom is 0.224 e. The quantitative estimate of drug-likeness (QED) is 0.682. The van der Waals surface area contributed by atoms with Crippen LogP contribution in [-0.4, -0.2) is 29.7 Å². The minimum Gasteiger partial charge on any atom is -0.393 e. The highest BCUT2D eigenvalue weighted by Gasteiger charge is 2.48. The molecule has 1 amide bonds. The Labute approximate surface area is 109 Å². The smallest absolute Gasteiger partial charge is 0.224 e. The van der Waals surface area contributed by atoms with Gasteiger partial charge in [-0.15, -0.1) is 0 Å². The summed E-state index contributed by atoms with van der Waals surface area (Å²) in [4.78, 5) is 12.2. The van der Waals surface area contributed by atoms with Gasteiger partial charge in [-0.2, -0.15) is 0 Å². The summed E-state index contributed by atoms with van der Waals surface area (Å²) >= 11 is 0. The van der Waals surface area contributed by atoms with E-state index >= 15 is 0 Å². The molecule has 0 saturated heterocycles. The Kier molecular flexibility index (Phi) is 4.28. The average Bonchev–Trinajstić information content (AvgIpc) is 2.85. The van der Waals surface area contributed by atoms with Crippen LogP contribution in [0.25, 0.3) is 0 Å². The summed E-state index contributed by atoms with van der Waals surface area (Å²) in [6.07, 6.45) is 3.93. The summed E-state index contributed by atoms with van der Waals surface area (Å²) in [6, 6.07) is 0.0656. The molecule has 0 radical (unpaired) electrons. The molecule has 0 aromatic carbocycles. The second-order valence-electron chi connectivity index (χ2n) is 6.37. The van der Waals surface area contributed by atoms with Gasteiger partial charge in [0.25, 0.3) is 0 Å². The number of hydrogen-bond acceptors (Lipinski definition) is 3. The van der Waals surface area contributed by atoms with Crippen LogP contribution in [-0.2, 0) is 4.79 Å². The maximum absolute atomic E-state index is 12.2. The second kappa shape index (κ2) is 5.57. The molecule has 2 rings (SSSR count). The zero-order chi connectivity index (χ0) is 13.3. The fourth-order valence-corrected chi connectivity index (χ4v) is 3.78. The Morgan fingerprint density at radius 1 is 1.39 bits per heavy atom. The highest BCUT2D eigenvalue weighted by Crippen LogP contribution is 2.47. The lowest BCUT2D eigenvalue weighted by Gasteiger charge is -2.27. The molecule has 0 spiro atoms. The van der Waals surface area contributed by atoms with Crippen LogP contribution in [0.15, 0.2) is 0 Å². The fraction of sp³-hybridized carbons (Fsp3) is 0.929. The number of amides is 1. The molecule has 2 aliphatic rings. The van der Waals surface area contributed by atoms with Crippen molar-refractivity contribution in [3.63, 3.8) is 0 Å². The molecule has 2 fully saturated rings. The number of aliphatic hydroxyl groups excluding tert-OH is 1. The summed E-state index contributed by atoms with van der Waals surface area (Å²) < 4.78 is 0. The van der Waals surface area contributed by atoms with Crippen molar-refractivity contribution >= 4 is 5.91 Å². The molecule has 18 heavy (non-hydrogen) atoms. The maximum atomic E-state index is 12.2. The van der Waals surface area contributed by atoms with Crippen LogP contribution in [0.2, 0.25) is 0 Å². The van der Waals surface area contributed by atoms with E-state index in [4.69, 9.17) is 5.73 Å². The Balaban J connectivity index is 1.78. The SMILES string of the molecule is CC(O)CC(C)CNC(=O)C1C2CCC(C2)C1N. The van der Waals surface area contributed by atoms with Gasteiger partial charge in [-0.1, -0.05) is 6.92 Å². The van der Waals surface area contributed by atoms with Crippen molar-refractivity contribution in [3.8, 4) is 0 Å². The van der Waals surface area contributed by atoms with Crippen LogP contribution in [0, 0.1) is 23.7 Å². The highest BCUT2D eigenvalue weighted by atomic mass is 16.3. The highest BCUT2D eigenvalue weighted by molar-refractivity contribution is 5.80. The predicted octanol–water partition coefficient (Wildman–Crippen LogP) is 0.883. The minimum atomic E-state index is -0.304. The number of nitrogens with one attached hydrogen (secondary N) is 1. The van der Waals surface area contributed by atoms with Gasteiger partial charge in [-0.05, 0) is 50.4 Å². The van der Waals surface area contributed by atoms with E-state index in [2.05, 4.69) is 5.32 Å². The summed E-state index contributed by atoms with van der Waals surface area (Å²) in [5.41, 5.74) is 6.15. The molecule has 4 N–H and O–H groups in total. The monoisotopic (exact) mass is 254 g/mol. The van der Waals surface area contributed by atoms with E-state index in [9.17, 15) is 9.90 Å². The lowest BCUT2D eigenvalue weighted by molar-refractivity contribution is -0.127. The van der Waals surface area contributed by atoms with Crippen molar-refractivity contribution in [1.29, 1.82) is 0 Å². The van der Waals surface area contributed by atoms with Gasteiger partial charge in [-0.25, -0.2) is 0 Å². The van der Waals surface area contributed by atoms with Crippen molar-refractivity contribution in [1.82, 2.24) is 5.32 Å². The number of carbonyl (C=O) groups excluding carboxylic acids is 1. The average molecular weight is 254 g/mol. The van der Waals surface area contributed by atoms with Gasteiger partial charge in [0, 0.05) is 12.6 Å². The number of nitrogens with two attached hydrogens (primary N) is 1. The molecule has 104 valence electrons. The molecule has 2 bridgehead atoms. The van der Waals surface area contributed by atoms with Gasteiger partial charge < -0.3 is 16.2 Å². The Morgan fingerprint density at radius 3 is 2.61 bits per heavy atom. The second-order valence-corrected chi connectivity index (χ2v) is 6.37. The van der Waals surface area contributed by atoms with Crippen LogP contribution in [0.5, 0.6) is 0 Å². The van der Waals surface area contributed by atoms with E-state index in [1.54, 1.807) is 6.92 Å². The van der Waals surface area contributed by atoms with E-state index < -0.39 is 0 Å². The third-order valence-electron chi connectivity index (χ3n) is 4.65. The van der Waals surface area contributed by atoms with Gasteiger partial charge in [-0.3, -0.25) is 4.79 Å². The third kappa shape index (κ3) is 2.86. The largest absolute Gasteiger partial charge is 0.393 e. The molecule has 0 aromatic heterocycles. The predicted molar refractivity (Wildman–Crippen MR) is 70.8 cm³/mol. The lowest BCUT2D eigenvalue weighted by atomic mass is 9.84. The Bertz CT molecular complexity index is 304. The molecule has 2 aliphatic carbocycles. The molecule has 2 saturated carbocycles. The van der Waals surface area contributed by atoms with Crippen molar-refractivity contribution in [2.24, 2.45) is 29.4 Å². The summed E-state index contributed by atoms with van der Waals surface area (Å²) in [7, 11) is 0. The first-order valence-electron chi connectivity index (χ1n) is 7.20. The molecular weight excluding hydrogens is 228 g/mol. The summed E-state index contributed by atoms with van der Waals surface area (Å²) in [6.45, 7) is 4.47. The first kappa shape index (κ1) is 13.8. The van der Waals surface area contributed by atoms with E-state index in [1.807, 2.05) is 6.92 Å². The zero-order valence-electron chi connectivity index (χ0n) is 11.4. The molecule has 0 aromatic rings. The first-order valence-corrected chi connectivity index (χ1v) is 7.20. The standard InChI is InChI=1S/C14H26N2O2/c1-8(5-9(2)17)7-16-14(18)12-10-3-4-11(6-10)13(12)15/h8-13,17H,3-7,15H2,1-2H3,(H,16,18). The van der Waals surface area contributed by atoms with Crippen molar-refractivity contribution in [3.05, 3.63) is 0 Å². The Hall–Kier alpha value is -0.610. The molecule has 6 unspecified atom stereocenters. The number of rotatable bonds is 5. The van der Waals surface area contributed by atoms with E-state index in [0.717, 1.165) is 12.8 Å². The number of fused-ring (bicyclic) bond motifs is 2. The Morgan fingerprint density at radius 2 is 2.06 bits per heavy atom. The van der Waals surface area contributed by atoms with Gasteiger partial charge in [0.05, 0.1) is 12.0 Å². The van der Waals surface area contributed by atoms with Crippen LogP contribution < -0.4 is 11.1 Å². The number of carbonyl (C=O) groups is 1. The van der Waals surface area contributed by atoms with Crippen LogP contribution in [0.3, 0.4) is 0 Å². The lowest BCUT2D eigenvalue weighted by Crippen LogP contribution is -2.46. The van der Waals surface area contributed by atoms with Gasteiger partial charge >= 0.3 is 0 Å². The van der Waals surface area contributed by atoms with Crippen molar-refractivity contribution in [2.75, 3.05) is 6.54 Å². The molecule has 4 nitrogen and oxygen atoms in total. The molecule has 0 heterocycles.